The van der Waals surface area contributed by atoms with Crippen LogP contribution in [0.3, 0.4) is 0 Å². The second-order valence-electron chi connectivity index (χ2n) is 4.86. The lowest BCUT2D eigenvalue weighted by Crippen LogP contribution is -2.30. The third-order valence-corrected chi connectivity index (χ3v) is 6.12. The van der Waals surface area contributed by atoms with Crippen molar-refractivity contribution in [1.29, 1.82) is 0 Å². The predicted octanol–water partition coefficient (Wildman–Crippen LogP) is 3.32. The van der Waals surface area contributed by atoms with E-state index in [1.807, 2.05) is 24.3 Å². The Hall–Kier alpha value is -1.77. The summed E-state index contributed by atoms with van der Waals surface area (Å²) in [6.07, 6.45) is 3.00. The van der Waals surface area contributed by atoms with Gasteiger partial charge in [0.25, 0.3) is 0 Å². The summed E-state index contributed by atoms with van der Waals surface area (Å²) in [6.45, 7) is 4.46. The van der Waals surface area contributed by atoms with Crippen molar-refractivity contribution in [1.82, 2.24) is 9.29 Å². The fourth-order valence-corrected chi connectivity index (χ4v) is 3.85. The van der Waals surface area contributed by atoms with E-state index in [1.54, 1.807) is 26.1 Å². The molecule has 128 valence electrons. The molecular formula is C16H19BrN4O2S. The first-order chi connectivity index (χ1) is 11.5. The van der Waals surface area contributed by atoms with Crippen LogP contribution in [0.5, 0.6) is 0 Å². The number of sulfonamides is 1. The summed E-state index contributed by atoms with van der Waals surface area (Å²) in [7, 11) is -3.49. The maximum Gasteiger partial charge on any atom is 0.244 e. The summed E-state index contributed by atoms with van der Waals surface area (Å²) in [5, 5.41) is 4.10. The first-order valence-electron chi connectivity index (χ1n) is 7.48. The lowest BCUT2D eigenvalue weighted by molar-refractivity contribution is 0.445. The summed E-state index contributed by atoms with van der Waals surface area (Å²) in [5.74, 6) is 0.469. The van der Waals surface area contributed by atoms with Crippen molar-refractivity contribution in [3.63, 3.8) is 0 Å². The van der Waals surface area contributed by atoms with Crippen LogP contribution in [-0.4, -0.2) is 37.0 Å². The molecule has 0 fully saturated rings. The molecule has 0 radical (unpaired) electrons. The number of pyridine rings is 1. The van der Waals surface area contributed by atoms with Crippen molar-refractivity contribution < 1.29 is 8.42 Å². The number of hydrogen-bond donors (Lipinski definition) is 1. The summed E-state index contributed by atoms with van der Waals surface area (Å²) in [4.78, 5) is 4.28. The molecule has 0 spiro atoms. The molecule has 8 heteroatoms. The highest BCUT2D eigenvalue weighted by molar-refractivity contribution is 9.10. The second kappa shape index (κ2) is 8.36. The van der Waals surface area contributed by atoms with Crippen LogP contribution in [0.15, 0.2) is 57.1 Å². The number of hydrazone groups is 1. The van der Waals surface area contributed by atoms with Gasteiger partial charge < -0.3 is 0 Å². The largest absolute Gasteiger partial charge is 0.261 e. The highest BCUT2D eigenvalue weighted by Gasteiger charge is 2.21. The average molecular weight is 411 g/mol. The van der Waals surface area contributed by atoms with Gasteiger partial charge >= 0.3 is 0 Å². The normalized spacial score (nSPS) is 12.0. The number of rotatable bonds is 7. The number of aromatic nitrogens is 1. The fourth-order valence-electron chi connectivity index (χ4n) is 2.06. The highest BCUT2D eigenvalue weighted by atomic mass is 79.9. The van der Waals surface area contributed by atoms with Gasteiger partial charge in [-0.3, -0.25) is 5.43 Å². The standard InChI is InChI=1S/C16H19BrN4O2S/c1-3-21(4-2)24(22,23)14-9-10-16(18-12-14)20-19-11-13-7-5-6-8-15(13)17/h5-12H,3-4H2,1-2H3,(H,18,20)/b19-11-. The Bertz CT molecular complexity index is 803. The Morgan fingerprint density at radius 1 is 1.21 bits per heavy atom. The Morgan fingerprint density at radius 2 is 1.92 bits per heavy atom. The fraction of sp³-hybridized carbons (Fsp3) is 0.250. The van der Waals surface area contributed by atoms with E-state index in [1.165, 1.54) is 16.6 Å². The molecule has 0 saturated heterocycles. The minimum atomic E-state index is -3.49. The summed E-state index contributed by atoms with van der Waals surface area (Å²) >= 11 is 3.44. The first kappa shape index (κ1) is 18.6. The Kier molecular flexibility index (Phi) is 6.47. The van der Waals surface area contributed by atoms with Crippen LogP contribution in [-0.2, 0) is 10.0 Å². The van der Waals surface area contributed by atoms with Crippen LogP contribution in [0.1, 0.15) is 19.4 Å². The highest BCUT2D eigenvalue weighted by Crippen LogP contribution is 2.16. The molecule has 2 aromatic rings. The number of anilines is 1. The quantitative estimate of drug-likeness (QED) is 0.560. The summed E-state index contributed by atoms with van der Waals surface area (Å²) in [5.41, 5.74) is 3.71. The number of hydrogen-bond acceptors (Lipinski definition) is 5. The van der Waals surface area contributed by atoms with E-state index in [-0.39, 0.29) is 4.90 Å². The van der Waals surface area contributed by atoms with Gasteiger partial charge in [-0.25, -0.2) is 13.4 Å². The molecule has 0 saturated carbocycles. The van der Waals surface area contributed by atoms with Crippen LogP contribution < -0.4 is 5.43 Å². The summed E-state index contributed by atoms with van der Waals surface area (Å²) in [6, 6.07) is 10.8. The Labute approximate surface area is 150 Å². The van der Waals surface area contributed by atoms with Crippen LogP contribution >= 0.6 is 15.9 Å². The Balaban J connectivity index is 2.09. The lowest BCUT2D eigenvalue weighted by atomic mass is 10.2. The van der Waals surface area contributed by atoms with Gasteiger partial charge in [0.15, 0.2) is 0 Å². The van der Waals surface area contributed by atoms with Crippen molar-refractivity contribution in [2.24, 2.45) is 5.10 Å². The lowest BCUT2D eigenvalue weighted by Gasteiger charge is -2.18. The maximum absolute atomic E-state index is 12.4. The molecule has 0 unspecified atom stereocenters. The zero-order valence-corrected chi connectivity index (χ0v) is 15.9. The zero-order valence-electron chi connectivity index (χ0n) is 13.5. The molecule has 0 amide bonds. The van der Waals surface area contributed by atoms with Crippen LogP contribution in [0, 0.1) is 0 Å². The van der Waals surface area contributed by atoms with Crippen molar-refractivity contribution in [2.45, 2.75) is 18.7 Å². The van der Waals surface area contributed by atoms with Gasteiger partial charge in [0.05, 0.1) is 6.21 Å². The molecule has 1 N–H and O–H groups in total. The second-order valence-corrected chi connectivity index (χ2v) is 7.65. The van der Waals surface area contributed by atoms with Gasteiger partial charge in [-0.1, -0.05) is 48.0 Å². The number of nitrogens with zero attached hydrogens (tertiary/aromatic N) is 3. The number of halogens is 1. The van der Waals surface area contributed by atoms with Crippen LogP contribution in [0.25, 0.3) is 0 Å². The van der Waals surface area contributed by atoms with E-state index >= 15 is 0 Å². The van der Waals surface area contributed by atoms with E-state index in [2.05, 4.69) is 31.4 Å². The third-order valence-electron chi connectivity index (χ3n) is 3.37. The van der Waals surface area contributed by atoms with E-state index in [4.69, 9.17) is 0 Å². The molecule has 0 aliphatic carbocycles. The molecule has 0 bridgehead atoms. The molecule has 1 heterocycles. The molecule has 1 aromatic heterocycles. The van der Waals surface area contributed by atoms with Gasteiger partial charge in [0.2, 0.25) is 10.0 Å². The third kappa shape index (κ3) is 4.40. The van der Waals surface area contributed by atoms with Crippen molar-refractivity contribution >= 4 is 38.0 Å². The predicted molar refractivity (Wildman–Crippen MR) is 99.7 cm³/mol. The monoisotopic (exact) mass is 410 g/mol. The van der Waals surface area contributed by atoms with Crippen LogP contribution in [0.4, 0.5) is 5.82 Å². The smallest absolute Gasteiger partial charge is 0.244 e. The molecule has 0 atom stereocenters. The molecule has 0 aliphatic rings. The molecular weight excluding hydrogens is 392 g/mol. The average Bonchev–Trinajstić information content (AvgIpc) is 2.58. The van der Waals surface area contributed by atoms with E-state index in [0.29, 0.717) is 18.9 Å². The molecule has 0 aliphatic heterocycles. The Morgan fingerprint density at radius 3 is 2.50 bits per heavy atom. The first-order valence-corrected chi connectivity index (χ1v) is 9.72. The molecule has 2 rings (SSSR count). The van der Waals surface area contributed by atoms with E-state index in [9.17, 15) is 8.42 Å². The van der Waals surface area contributed by atoms with E-state index < -0.39 is 10.0 Å². The van der Waals surface area contributed by atoms with Gasteiger partial charge in [0.1, 0.15) is 10.7 Å². The van der Waals surface area contributed by atoms with Crippen LogP contribution in [0.2, 0.25) is 0 Å². The topological polar surface area (TPSA) is 74.7 Å². The molecule has 6 nitrogen and oxygen atoms in total. The number of nitrogens with one attached hydrogen (secondary N) is 1. The van der Waals surface area contributed by atoms with Gasteiger partial charge in [-0.05, 0) is 18.2 Å². The minimum Gasteiger partial charge on any atom is -0.261 e. The van der Waals surface area contributed by atoms with Gasteiger partial charge in [0, 0.05) is 29.3 Å². The van der Waals surface area contributed by atoms with Gasteiger partial charge in [-0.2, -0.15) is 9.41 Å². The summed E-state index contributed by atoms with van der Waals surface area (Å²) < 4.78 is 27.1. The number of benzene rings is 1. The van der Waals surface area contributed by atoms with E-state index in [0.717, 1.165) is 10.0 Å². The maximum atomic E-state index is 12.4. The SMILES string of the molecule is CCN(CC)S(=O)(=O)c1ccc(N/N=C\c2ccccc2Br)nc1. The molecule has 1 aromatic carbocycles. The van der Waals surface area contributed by atoms with Crippen molar-refractivity contribution in [2.75, 3.05) is 18.5 Å². The zero-order chi connectivity index (χ0) is 17.6. The van der Waals surface area contributed by atoms with Crippen molar-refractivity contribution in [3.05, 3.63) is 52.6 Å². The molecule has 24 heavy (non-hydrogen) atoms. The van der Waals surface area contributed by atoms with Crippen molar-refractivity contribution in [3.8, 4) is 0 Å². The van der Waals surface area contributed by atoms with Gasteiger partial charge in [-0.15, -0.1) is 0 Å². The minimum absolute atomic E-state index is 0.173.